The van der Waals surface area contributed by atoms with Gasteiger partial charge in [0.2, 0.25) is 0 Å². The largest absolute Gasteiger partial charge is 0.490 e. The fraction of sp³-hybridized carbons (Fsp3) is 0.391. The number of nitrogens with one attached hydrogen (secondary N) is 3. The van der Waals surface area contributed by atoms with Crippen molar-refractivity contribution in [2.24, 2.45) is 4.99 Å². The first-order valence-corrected chi connectivity index (χ1v) is 10.8. The van der Waals surface area contributed by atoms with E-state index in [9.17, 15) is 8.78 Å². The van der Waals surface area contributed by atoms with Gasteiger partial charge in [-0.05, 0) is 38.5 Å². The third kappa shape index (κ3) is 8.02. The van der Waals surface area contributed by atoms with Gasteiger partial charge in [-0.3, -0.25) is 0 Å². The van der Waals surface area contributed by atoms with Gasteiger partial charge in [0.15, 0.2) is 17.5 Å². The number of H-pyrrole nitrogens is 1. The lowest BCUT2D eigenvalue weighted by Gasteiger charge is -2.15. The molecule has 0 spiro atoms. The molecule has 0 amide bonds. The number of rotatable bonds is 11. The summed E-state index contributed by atoms with van der Waals surface area (Å²) >= 11 is 0. The molecule has 0 fully saturated rings. The first-order chi connectivity index (χ1) is 15.6. The highest BCUT2D eigenvalue weighted by atomic mass is 127. The number of fused-ring (bicyclic) bond motifs is 1. The lowest BCUT2D eigenvalue weighted by molar-refractivity contribution is -0.0520. The van der Waals surface area contributed by atoms with Crippen LogP contribution in [0, 0.1) is 0 Å². The molecule has 180 valence electrons. The van der Waals surface area contributed by atoms with E-state index in [0.717, 1.165) is 29.7 Å². The number of aliphatic imine (C=N–C) groups is 1. The number of benzene rings is 2. The van der Waals surface area contributed by atoms with Gasteiger partial charge in [-0.15, -0.1) is 24.0 Å². The van der Waals surface area contributed by atoms with Crippen LogP contribution in [0.15, 0.2) is 47.5 Å². The fourth-order valence-electron chi connectivity index (χ4n) is 3.27. The Morgan fingerprint density at radius 2 is 1.94 bits per heavy atom. The van der Waals surface area contributed by atoms with Gasteiger partial charge in [0.05, 0.1) is 24.2 Å². The Morgan fingerprint density at radius 1 is 1.12 bits per heavy atom. The minimum Gasteiger partial charge on any atom is -0.490 e. The molecule has 0 saturated carbocycles. The third-order valence-electron chi connectivity index (χ3n) is 4.64. The van der Waals surface area contributed by atoms with Gasteiger partial charge in [-0.25, -0.2) is 9.98 Å². The zero-order valence-corrected chi connectivity index (χ0v) is 21.1. The number of nitrogens with zero attached hydrogens (tertiary/aromatic N) is 2. The number of imidazole rings is 1. The Hall–Kier alpha value is -2.63. The van der Waals surface area contributed by atoms with Crippen LogP contribution in [0.2, 0.25) is 0 Å². The molecule has 0 radical (unpaired) electrons. The molecule has 33 heavy (non-hydrogen) atoms. The van der Waals surface area contributed by atoms with E-state index in [-0.39, 0.29) is 42.0 Å². The summed E-state index contributed by atoms with van der Waals surface area (Å²) in [4.78, 5) is 12.4. The molecule has 0 bridgehead atoms. The second-order valence-corrected chi connectivity index (χ2v) is 6.98. The lowest BCUT2D eigenvalue weighted by Crippen LogP contribution is -2.37. The Bertz CT molecular complexity index is 996. The number of alkyl halides is 2. The van der Waals surface area contributed by atoms with E-state index < -0.39 is 6.61 Å². The van der Waals surface area contributed by atoms with E-state index >= 15 is 0 Å². The van der Waals surface area contributed by atoms with E-state index in [4.69, 9.17) is 9.47 Å². The number of ether oxygens (including phenoxy) is 2. The third-order valence-corrected chi connectivity index (χ3v) is 4.64. The molecular weight excluding hydrogens is 543 g/mol. The predicted octanol–water partition coefficient (Wildman–Crippen LogP) is 4.87. The van der Waals surface area contributed by atoms with E-state index in [2.05, 4.69) is 25.6 Å². The summed E-state index contributed by atoms with van der Waals surface area (Å²) in [5.41, 5.74) is 2.51. The summed E-state index contributed by atoms with van der Waals surface area (Å²) in [6.07, 6.45) is 1.65. The average molecular weight is 573 g/mol. The van der Waals surface area contributed by atoms with Gasteiger partial charge in [0.25, 0.3) is 0 Å². The molecule has 2 aromatic carbocycles. The number of aromatic nitrogens is 2. The topological polar surface area (TPSA) is 83.6 Å². The minimum absolute atomic E-state index is 0. The van der Waals surface area contributed by atoms with E-state index in [1.54, 1.807) is 25.1 Å². The van der Waals surface area contributed by atoms with Gasteiger partial charge in [0.1, 0.15) is 5.82 Å². The normalized spacial score (nSPS) is 11.4. The van der Waals surface area contributed by atoms with Gasteiger partial charge in [0, 0.05) is 25.1 Å². The van der Waals surface area contributed by atoms with E-state index in [1.807, 2.05) is 31.2 Å². The molecule has 0 atom stereocenters. The monoisotopic (exact) mass is 573 g/mol. The van der Waals surface area contributed by atoms with Crippen LogP contribution in [0.25, 0.3) is 11.0 Å². The molecule has 3 aromatic rings. The number of halogens is 3. The summed E-state index contributed by atoms with van der Waals surface area (Å²) in [5.74, 6) is 1.84. The fourth-order valence-corrected chi connectivity index (χ4v) is 3.27. The minimum atomic E-state index is -2.94. The molecule has 0 aliphatic heterocycles. The molecule has 3 rings (SSSR count). The maximum Gasteiger partial charge on any atom is 0.387 e. The van der Waals surface area contributed by atoms with Gasteiger partial charge < -0.3 is 25.1 Å². The van der Waals surface area contributed by atoms with Crippen LogP contribution < -0.4 is 20.1 Å². The number of para-hydroxylation sites is 3. The Morgan fingerprint density at radius 3 is 2.67 bits per heavy atom. The number of hydrogen-bond donors (Lipinski definition) is 3. The molecule has 0 unspecified atom stereocenters. The first kappa shape index (κ1) is 26.6. The number of guanidine groups is 1. The summed E-state index contributed by atoms with van der Waals surface area (Å²) in [5, 5.41) is 6.44. The highest BCUT2D eigenvalue weighted by molar-refractivity contribution is 14.0. The number of aryl methyl sites for hydroxylation is 1. The van der Waals surface area contributed by atoms with Gasteiger partial charge in [-0.1, -0.05) is 24.3 Å². The van der Waals surface area contributed by atoms with Crippen molar-refractivity contribution in [3.05, 3.63) is 53.9 Å². The van der Waals surface area contributed by atoms with Crippen molar-refractivity contribution in [3.8, 4) is 11.5 Å². The van der Waals surface area contributed by atoms with Crippen molar-refractivity contribution in [3.63, 3.8) is 0 Å². The van der Waals surface area contributed by atoms with Crippen molar-refractivity contribution in [2.75, 3.05) is 19.7 Å². The molecule has 0 saturated heterocycles. The van der Waals surface area contributed by atoms with Crippen molar-refractivity contribution < 1.29 is 18.3 Å². The van der Waals surface area contributed by atoms with Gasteiger partial charge >= 0.3 is 6.61 Å². The van der Waals surface area contributed by atoms with Crippen molar-refractivity contribution >= 4 is 41.0 Å². The molecule has 1 heterocycles. The summed E-state index contributed by atoms with van der Waals surface area (Å²) < 4.78 is 36.0. The van der Waals surface area contributed by atoms with Crippen molar-refractivity contribution in [1.82, 2.24) is 20.6 Å². The summed E-state index contributed by atoms with van der Waals surface area (Å²) in [6, 6.07) is 13.0. The van der Waals surface area contributed by atoms with E-state index in [1.165, 1.54) is 0 Å². The maximum atomic E-state index is 12.9. The zero-order chi connectivity index (χ0) is 22.8. The first-order valence-electron chi connectivity index (χ1n) is 10.8. The smallest absolute Gasteiger partial charge is 0.387 e. The van der Waals surface area contributed by atoms with Crippen LogP contribution >= 0.6 is 24.0 Å². The molecule has 1 aromatic heterocycles. The van der Waals surface area contributed by atoms with Crippen LogP contribution in [0.5, 0.6) is 11.5 Å². The van der Waals surface area contributed by atoms with Crippen LogP contribution in [0.1, 0.15) is 31.7 Å². The molecule has 7 nitrogen and oxygen atoms in total. The van der Waals surface area contributed by atoms with Crippen molar-refractivity contribution in [1.29, 1.82) is 0 Å². The Labute approximate surface area is 209 Å². The Kier molecular flexibility index (Phi) is 11.1. The predicted molar refractivity (Wildman–Crippen MR) is 137 cm³/mol. The van der Waals surface area contributed by atoms with Crippen LogP contribution in [0.4, 0.5) is 8.78 Å². The number of aromatic amines is 1. The Balaban J connectivity index is 0.00000385. The standard InChI is InChI=1S/C23H29F2N5O2.HI/c1-3-26-23(27-14-8-13-20-29-17-10-5-6-11-18(17)30-20)28-15-16-9-7-12-19(31-4-2)21(16)32-22(24)25;/h5-7,9-12,22H,3-4,8,13-15H2,1-2H3,(H,29,30)(H2,26,27,28);1H. The lowest BCUT2D eigenvalue weighted by atomic mass is 10.2. The highest BCUT2D eigenvalue weighted by Gasteiger charge is 2.15. The second-order valence-electron chi connectivity index (χ2n) is 6.98. The summed E-state index contributed by atoms with van der Waals surface area (Å²) in [6.45, 7) is 2.69. The zero-order valence-electron chi connectivity index (χ0n) is 18.7. The molecule has 10 heteroatoms. The molecule has 0 aliphatic carbocycles. The molecular formula is C23H30F2IN5O2. The molecule has 0 aliphatic rings. The van der Waals surface area contributed by atoms with Crippen LogP contribution in [0.3, 0.4) is 0 Å². The van der Waals surface area contributed by atoms with Crippen LogP contribution in [-0.2, 0) is 13.0 Å². The average Bonchev–Trinajstić information content (AvgIpc) is 3.19. The maximum absolute atomic E-state index is 12.9. The second kappa shape index (κ2) is 13.8. The molecule has 3 N–H and O–H groups in total. The van der Waals surface area contributed by atoms with Crippen molar-refractivity contribution in [2.45, 2.75) is 39.8 Å². The van der Waals surface area contributed by atoms with Gasteiger partial charge in [-0.2, -0.15) is 8.78 Å². The SMILES string of the molecule is CCNC(=NCc1cccc(OCC)c1OC(F)F)NCCCc1nc2ccccc2[nH]1.I. The summed E-state index contributed by atoms with van der Waals surface area (Å²) in [7, 11) is 0. The number of hydrogen-bond acceptors (Lipinski definition) is 4. The van der Waals surface area contributed by atoms with E-state index in [0.29, 0.717) is 31.2 Å². The quantitative estimate of drug-likeness (QED) is 0.132. The highest BCUT2D eigenvalue weighted by Crippen LogP contribution is 2.33. The van der Waals surface area contributed by atoms with Crippen LogP contribution in [-0.4, -0.2) is 42.2 Å².